The van der Waals surface area contributed by atoms with Crippen LogP contribution in [0.3, 0.4) is 0 Å². The monoisotopic (exact) mass is 278 g/mol. The van der Waals surface area contributed by atoms with Gasteiger partial charge in [0, 0.05) is 19.3 Å². The van der Waals surface area contributed by atoms with Crippen molar-refractivity contribution in [3.8, 4) is 0 Å². The number of methoxy groups -OCH3 is 1. The van der Waals surface area contributed by atoms with Gasteiger partial charge in [-0.1, -0.05) is 26.2 Å². The second-order valence-corrected chi connectivity index (χ2v) is 5.66. The lowest BCUT2D eigenvalue weighted by Crippen LogP contribution is -2.43. The first-order chi connectivity index (χ1) is 9.65. The van der Waals surface area contributed by atoms with Crippen LogP contribution in [0.15, 0.2) is 6.07 Å². The number of carbonyl (C=O) groups excluding carboxylic acids is 1. The SMILES string of the molecule is CCc1cc(CC(=O)C2(OC)CCCCC2)n(CC)n1. The zero-order valence-electron chi connectivity index (χ0n) is 12.9. The lowest BCUT2D eigenvalue weighted by atomic mass is 9.80. The summed E-state index contributed by atoms with van der Waals surface area (Å²) in [5.41, 5.74) is 1.54. The van der Waals surface area contributed by atoms with E-state index in [4.69, 9.17) is 4.74 Å². The summed E-state index contributed by atoms with van der Waals surface area (Å²) in [7, 11) is 1.68. The van der Waals surface area contributed by atoms with Gasteiger partial charge in [0.2, 0.25) is 0 Å². The Balaban J connectivity index is 2.15. The van der Waals surface area contributed by atoms with Crippen molar-refractivity contribution < 1.29 is 9.53 Å². The van der Waals surface area contributed by atoms with Gasteiger partial charge in [0.05, 0.1) is 12.1 Å². The number of ether oxygens (including phenoxy) is 1. The van der Waals surface area contributed by atoms with Crippen LogP contribution in [-0.2, 0) is 28.9 Å². The molecule has 20 heavy (non-hydrogen) atoms. The summed E-state index contributed by atoms with van der Waals surface area (Å²) >= 11 is 0. The molecule has 0 amide bonds. The van der Waals surface area contributed by atoms with Gasteiger partial charge in [-0.25, -0.2) is 0 Å². The Hall–Kier alpha value is -1.16. The van der Waals surface area contributed by atoms with E-state index in [1.807, 2.05) is 4.68 Å². The number of Topliss-reactive ketones (excluding diaryl/α,β-unsaturated/α-hetero) is 1. The minimum Gasteiger partial charge on any atom is -0.370 e. The molecule has 1 heterocycles. The second kappa shape index (κ2) is 6.53. The van der Waals surface area contributed by atoms with E-state index in [1.165, 1.54) is 6.42 Å². The van der Waals surface area contributed by atoms with Gasteiger partial charge in [-0.05, 0) is 32.3 Å². The molecule has 0 atom stereocenters. The van der Waals surface area contributed by atoms with Crippen molar-refractivity contribution in [1.29, 1.82) is 0 Å². The van der Waals surface area contributed by atoms with Gasteiger partial charge in [-0.3, -0.25) is 9.48 Å². The molecule has 0 radical (unpaired) electrons. The van der Waals surface area contributed by atoms with Crippen molar-refractivity contribution in [2.45, 2.75) is 70.9 Å². The molecule has 1 fully saturated rings. The van der Waals surface area contributed by atoms with Crippen LogP contribution in [0.1, 0.15) is 57.3 Å². The van der Waals surface area contributed by atoms with E-state index in [0.29, 0.717) is 6.42 Å². The Morgan fingerprint density at radius 1 is 1.35 bits per heavy atom. The number of rotatable bonds is 6. The normalized spacial score (nSPS) is 18.1. The predicted molar refractivity (Wildman–Crippen MR) is 78.8 cm³/mol. The van der Waals surface area contributed by atoms with Gasteiger partial charge in [0.15, 0.2) is 5.78 Å². The third-order valence-corrected chi connectivity index (χ3v) is 4.48. The fraction of sp³-hybridized carbons (Fsp3) is 0.750. The molecule has 0 N–H and O–H groups in total. The Morgan fingerprint density at radius 3 is 2.60 bits per heavy atom. The minimum absolute atomic E-state index is 0.219. The van der Waals surface area contributed by atoms with Gasteiger partial charge in [-0.15, -0.1) is 0 Å². The molecular formula is C16H26N2O2. The molecule has 1 aromatic rings. The maximum Gasteiger partial charge on any atom is 0.170 e. The van der Waals surface area contributed by atoms with E-state index in [0.717, 1.165) is 50.0 Å². The molecule has 0 spiro atoms. The molecule has 4 heteroatoms. The van der Waals surface area contributed by atoms with Crippen LogP contribution in [0.4, 0.5) is 0 Å². The topological polar surface area (TPSA) is 44.1 Å². The third-order valence-electron chi connectivity index (χ3n) is 4.48. The minimum atomic E-state index is -0.548. The lowest BCUT2D eigenvalue weighted by molar-refractivity contribution is -0.144. The maximum atomic E-state index is 12.7. The average molecular weight is 278 g/mol. The third kappa shape index (κ3) is 2.95. The van der Waals surface area contributed by atoms with Crippen LogP contribution in [0.5, 0.6) is 0 Å². The van der Waals surface area contributed by atoms with Crippen molar-refractivity contribution in [1.82, 2.24) is 9.78 Å². The largest absolute Gasteiger partial charge is 0.370 e. The van der Waals surface area contributed by atoms with Gasteiger partial charge in [0.25, 0.3) is 0 Å². The fourth-order valence-electron chi connectivity index (χ4n) is 3.15. The molecule has 0 aliphatic heterocycles. The highest BCUT2D eigenvalue weighted by atomic mass is 16.5. The van der Waals surface area contributed by atoms with Crippen LogP contribution in [0.2, 0.25) is 0 Å². The number of carbonyl (C=O) groups is 1. The highest BCUT2D eigenvalue weighted by Crippen LogP contribution is 2.33. The first kappa shape index (κ1) is 15.2. The van der Waals surface area contributed by atoms with Crippen molar-refractivity contribution in [3.63, 3.8) is 0 Å². The van der Waals surface area contributed by atoms with E-state index in [1.54, 1.807) is 7.11 Å². The zero-order chi connectivity index (χ0) is 14.6. The number of nitrogens with zero attached hydrogens (tertiary/aromatic N) is 2. The lowest BCUT2D eigenvalue weighted by Gasteiger charge is -2.34. The molecule has 2 rings (SSSR count). The average Bonchev–Trinajstić information content (AvgIpc) is 2.90. The van der Waals surface area contributed by atoms with E-state index >= 15 is 0 Å². The molecular weight excluding hydrogens is 252 g/mol. The van der Waals surface area contributed by atoms with E-state index < -0.39 is 5.60 Å². The van der Waals surface area contributed by atoms with Gasteiger partial charge >= 0.3 is 0 Å². The highest BCUT2D eigenvalue weighted by molar-refractivity contribution is 5.89. The summed E-state index contributed by atoms with van der Waals surface area (Å²) < 4.78 is 7.59. The summed E-state index contributed by atoms with van der Waals surface area (Å²) in [6.45, 7) is 4.96. The standard InChI is InChI=1S/C16H26N2O2/c1-4-13-11-14(18(5-2)17-13)12-15(19)16(20-3)9-7-6-8-10-16/h11H,4-10,12H2,1-3H3. The van der Waals surface area contributed by atoms with E-state index in [-0.39, 0.29) is 5.78 Å². The highest BCUT2D eigenvalue weighted by Gasteiger charge is 2.39. The number of hydrogen-bond acceptors (Lipinski definition) is 3. The van der Waals surface area contributed by atoms with Crippen LogP contribution in [0.25, 0.3) is 0 Å². The van der Waals surface area contributed by atoms with Crippen LogP contribution < -0.4 is 0 Å². The quantitative estimate of drug-likeness (QED) is 0.803. The van der Waals surface area contributed by atoms with E-state index in [9.17, 15) is 4.79 Å². The van der Waals surface area contributed by atoms with Crippen molar-refractivity contribution >= 4 is 5.78 Å². The van der Waals surface area contributed by atoms with Crippen LogP contribution in [0, 0.1) is 0 Å². The molecule has 112 valence electrons. The summed E-state index contributed by atoms with van der Waals surface area (Å²) in [4.78, 5) is 12.7. The predicted octanol–water partition coefficient (Wildman–Crippen LogP) is 2.93. The van der Waals surface area contributed by atoms with Crippen molar-refractivity contribution in [2.75, 3.05) is 7.11 Å². The Kier molecular flexibility index (Phi) is 4.97. The molecule has 1 aliphatic rings. The van der Waals surface area contributed by atoms with Gasteiger partial charge < -0.3 is 4.74 Å². The summed E-state index contributed by atoms with van der Waals surface area (Å²) in [5.74, 6) is 0.219. The number of aromatic nitrogens is 2. The van der Waals surface area contributed by atoms with Crippen LogP contribution >= 0.6 is 0 Å². The summed E-state index contributed by atoms with van der Waals surface area (Å²) in [6.07, 6.45) is 6.47. The van der Waals surface area contributed by atoms with Gasteiger partial charge in [0.1, 0.15) is 5.60 Å². The Labute approximate surface area is 121 Å². The zero-order valence-corrected chi connectivity index (χ0v) is 12.9. The maximum absolute atomic E-state index is 12.7. The van der Waals surface area contributed by atoms with Crippen LogP contribution in [-0.4, -0.2) is 28.3 Å². The molecule has 0 unspecified atom stereocenters. The molecule has 0 bridgehead atoms. The first-order valence-electron chi connectivity index (χ1n) is 7.79. The Bertz CT molecular complexity index is 459. The smallest absolute Gasteiger partial charge is 0.170 e. The number of ketones is 1. The molecule has 1 aromatic heterocycles. The number of hydrogen-bond donors (Lipinski definition) is 0. The summed E-state index contributed by atoms with van der Waals surface area (Å²) in [6, 6.07) is 2.06. The second-order valence-electron chi connectivity index (χ2n) is 5.66. The molecule has 4 nitrogen and oxygen atoms in total. The Morgan fingerprint density at radius 2 is 2.05 bits per heavy atom. The first-order valence-corrected chi connectivity index (χ1v) is 7.79. The molecule has 1 aliphatic carbocycles. The van der Waals surface area contributed by atoms with E-state index in [2.05, 4.69) is 25.0 Å². The van der Waals surface area contributed by atoms with Crippen molar-refractivity contribution in [2.24, 2.45) is 0 Å². The van der Waals surface area contributed by atoms with Crippen molar-refractivity contribution in [3.05, 3.63) is 17.5 Å². The fourth-order valence-corrected chi connectivity index (χ4v) is 3.15. The molecule has 0 aromatic carbocycles. The molecule has 1 saturated carbocycles. The van der Waals surface area contributed by atoms with Gasteiger partial charge in [-0.2, -0.15) is 5.10 Å². The summed E-state index contributed by atoms with van der Waals surface area (Å²) in [5, 5.41) is 4.52. The molecule has 0 saturated heterocycles. The number of aryl methyl sites for hydroxylation is 2.